The lowest BCUT2D eigenvalue weighted by Gasteiger charge is -2.07. The topological polar surface area (TPSA) is 58.6 Å². The van der Waals surface area contributed by atoms with E-state index in [0.29, 0.717) is 17.9 Å². The maximum absolute atomic E-state index is 11.9. The number of methoxy groups -OCH3 is 1. The molecule has 0 saturated heterocycles. The van der Waals surface area contributed by atoms with Crippen LogP contribution in [0.25, 0.3) is 0 Å². The number of nitrogens with one attached hydrogen (secondary N) is 1. The summed E-state index contributed by atoms with van der Waals surface area (Å²) in [6.45, 7) is 2.88. The fourth-order valence-corrected chi connectivity index (χ4v) is 2.04. The number of hydrogen-bond donors (Lipinski definition) is 2. The average Bonchev–Trinajstić information content (AvgIpc) is 2.46. The van der Waals surface area contributed by atoms with E-state index in [1.54, 1.807) is 12.1 Å². The van der Waals surface area contributed by atoms with Gasteiger partial charge in [-0.3, -0.25) is 4.79 Å². The van der Waals surface area contributed by atoms with Crippen LogP contribution in [0.2, 0.25) is 0 Å². The molecule has 0 aliphatic heterocycles. The lowest BCUT2D eigenvalue weighted by molar-refractivity contribution is 0.0952. The molecule has 1 rings (SSSR count). The molecule has 0 unspecified atom stereocenters. The van der Waals surface area contributed by atoms with Crippen LogP contribution < -0.4 is 10.1 Å². The molecule has 0 atom stereocenters. The summed E-state index contributed by atoms with van der Waals surface area (Å²) in [6.07, 6.45) is 7.19. The van der Waals surface area contributed by atoms with Gasteiger partial charge in [0.1, 0.15) is 0 Å². The van der Waals surface area contributed by atoms with Gasteiger partial charge >= 0.3 is 0 Å². The predicted octanol–water partition coefficient (Wildman–Crippen LogP) is 3.49. The standard InChI is InChI=1S/C16H25NO3/c1-3-4-5-6-7-8-11-17-16(19)13-9-10-15(20-2)14(18)12-13/h9-10,12,18H,3-8,11H2,1-2H3,(H,17,19). The Morgan fingerprint density at radius 3 is 2.55 bits per heavy atom. The quantitative estimate of drug-likeness (QED) is 0.680. The van der Waals surface area contributed by atoms with Gasteiger partial charge in [0.05, 0.1) is 7.11 Å². The van der Waals surface area contributed by atoms with Crippen molar-refractivity contribution < 1.29 is 14.6 Å². The first-order valence-corrected chi connectivity index (χ1v) is 7.34. The van der Waals surface area contributed by atoms with Gasteiger partial charge in [-0.2, -0.15) is 0 Å². The van der Waals surface area contributed by atoms with Crippen molar-refractivity contribution in [1.82, 2.24) is 5.32 Å². The van der Waals surface area contributed by atoms with E-state index in [1.807, 2.05) is 0 Å². The SMILES string of the molecule is CCCCCCCCNC(=O)c1ccc(OC)c(O)c1. The van der Waals surface area contributed by atoms with E-state index in [-0.39, 0.29) is 11.7 Å². The maximum Gasteiger partial charge on any atom is 0.251 e. The van der Waals surface area contributed by atoms with Crippen molar-refractivity contribution in [2.45, 2.75) is 45.4 Å². The molecule has 0 bridgehead atoms. The molecule has 0 aliphatic carbocycles. The zero-order valence-corrected chi connectivity index (χ0v) is 12.4. The van der Waals surface area contributed by atoms with E-state index >= 15 is 0 Å². The van der Waals surface area contributed by atoms with Crippen LogP contribution >= 0.6 is 0 Å². The second-order valence-electron chi connectivity index (χ2n) is 4.91. The Labute approximate surface area is 121 Å². The maximum atomic E-state index is 11.9. The molecule has 112 valence electrons. The number of rotatable bonds is 9. The highest BCUT2D eigenvalue weighted by molar-refractivity contribution is 5.94. The number of unbranched alkanes of at least 4 members (excludes halogenated alkanes) is 5. The van der Waals surface area contributed by atoms with Crippen LogP contribution in [-0.2, 0) is 0 Å². The molecule has 0 heterocycles. The molecule has 0 fully saturated rings. The van der Waals surface area contributed by atoms with E-state index in [9.17, 15) is 9.90 Å². The first-order valence-electron chi connectivity index (χ1n) is 7.34. The fraction of sp³-hybridized carbons (Fsp3) is 0.562. The number of phenolic OH excluding ortho intramolecular Hbond substituents is 1. The Kier molecular flexibility index (Phi) is 7.55. The van der Waals surface area contributed by atoms with E-state index in [2.05, 4.69) is 12.2 Å². The van der Waals surface area contributed by atoms with Gasteiger partial charge < -0.3 is 15.2 Å². The van der Waals surface area contributed by atoms with Crippen LogP contribution in [0.15, 0.2) is 18.2 Å². The van der Waals surface area contributed by atoms with E-state index in [0.717, 1.165) is 12.8 Å². The summed E-state index contributed by atoms with van der Waals surface area (Å²) in [6, 6.07) is 4.67. The first kappa shape index (κ1) is 16.3. The normalized spacial score (nSPS) is 10.3. The minimum absolute atomic E-state index is 0.0142. The minimum atomic E-state index is -0.156. The van der Waals surface area contributed by atoms with Crippen molar-refractivity contribution >= 4 is 5.91 Å². The summed E-state index contributed by atoms with van der Waals surface area (Å²) < 4.78 is 4.94. The molecule has 4 heteroatoms. The van der Waals surface area contributed by atoms with Gasteiger partial charge in [0, 0.05) is 12.1 Å². The number of phenols is 1. The smallest absolute Gasteiger partial charge is 0.251 e. The molecule has 1 aromatic rings. The van der Waals surface area contributed by atoms with Crippen molar-refractivity contribution in [3.8, 4) is 11.5 Å². The minimum Gasteiger partial charge on any atom is -0.504 e. The van der Waals surface area contributed by atoms with E-state index < -0.39 is 0 Å². The van der Waals surface area contributed by atoms with Crippen molar-refractivity contribution in [1.29, 1.82) is 0 Å². The first-order chi connectivity index (χ1) is 9.69. The largest absolute Gasteiger partial charge is 0.504 e. The van der Waals surface area contributed by atoms with Gasteiger partial charge in [-0.05, 0) is 24.6 Å². The zero-order chi connectivity index (χ0) is 14.8. The Hall–Kier alpha value is -1.71. The van der Waals surface area contributed by atoms with Crippen molar-refractivity contribution in [3.05, 3.63) is 23.8 Å². The van der Waals surface area contributed by atoms with Crippen LogP contribution in [0.4, 0.5) is 0 Å². The Bertz CT molecular complexity index is 418. The molecule has 0 aromatic heterocycles. The Morgan fingerprint density at radius 2 is 1.90 bits per heavy atom. The van der Waals surface area contributed by atoms with Crippen molar-refractivity contribution in [3.63, 3.8) is 0 Å². The third-order valence-electron chi connectivity index (χ3n) is 3.26. The van der Waals surface area contributed by atoms with Crippen LogP contribution in [0.5, 0.6) is 11.5 Å². The highest BCUT2D eigenvalue weighted by Gasteiger charge is 2.08. The van der Waals surface area contributed by atoms with Gasteiger partial charge in [0.2, 0.25) is 0 Å². The van der Waals surface area contributed by atoms with E-state index in [4.69, 9.17) is 4.74 Å². The molecule has 1 amide bonds. The number of carbonyl (C=O) groups is 1. The van der Waals surface area contributed by atoms with Gasteiger partial charge in [0.25, 0.3) is 5.91 Å². The van der Waals surface area contributed by atoms with Gasteiger partial charge in [-0.25, -0.2) is 0 Å². The van der Waals surface area contributed by atoms with Crippen molar-refractivity contribution in [2.24, 2.45) is 0 Å². The average molecular weight is 279 g/mol. The Morgan fingerprint density at radius 1 is 1.20 bits per heavy atom. The molecular weight excluding hydrogens is 254 g/mol. The molecular formula is C16H25NO3. The van der Waals surface area contributed by atoms with Gasteiger partial charge in [-0.1, -0.05) is 39.0 Å². The lowest BCUT2D eigenvalue weighted by atomic mass is 10.1. The molecule has 1 aromatic carbocycles. The second kappa shape index (κ2) is 9.23. The monoisotopic (exact) mass is 279 g/mol. The third-order valence-corrected chi connectivity index (χ3v) is 3.26. The van der Waals surface area contributed by atoms with Crippen LogP contribution in [-0.4, -0.2) is 24.7 Å². The molecule has 2 N–H and O–H groups in total. The zero-order valence-electron chi connectivity index (χ0n) is 12.4. The molecule has 0 radical (unpaired) electrons. The lowest BCUT2D eigenvalue weighted by Crippen LogP contribution is -2.24. The summed E-state index contributed by atoms with van der Waals surface area (Å²) in [5, 5.41) is 12.5. The predicted molar refractivity (Wildman–Crippen MR) is 80.4 cm³/mol. The number of aromatic hydroxyl groups is 1. The summed E-state index contributed by atoms with van der Waals surface area (Å²) in [7, 11) is 1.48. The summed E-state index contributed by atoms with van der Waals surface area (Å²) >= 11 is 0. The fourth-order valence-electron chi connectivity index (χ4n) is 2.04. The molecule has 4 nitrogen and oxygen atoms in total. The summed E-state index contributed by atoms with van der Waals surface area (Å²) in [5.41, 5.74) is 0.453. The number of ether oxygens (including phenoxy) is 1. The van der Waals surface area contributed by atoms with Gasteiger partial charge in [-0.15, -0.1) is 0 Å². The molecule has 0 aliphatic rings. The van der Waals surface area contributed by atoms with Crippen LogP contribution in [0, 0.1) is 0 Å². The molecule has 20 heavy (non-hydrogen) atoms. The summed E-state index contributed by atoms with van der Waals surface area (Å²) in [4.78, 5) is 11.9. The van der Waals surface area contributed by atoms with Gasteiger partial charge in [0.15, 0.2) is 11.5 Å². The molecule has 0 spiro atoms. The number of amides is 1. The Balaban J connectivity index is 2.27. The highest BCUT2D eigenvalue weighted by atomic mass is 16.5. The second-order valence-corrected chi connectivity index (χ2v) is 4.91. The summed E-state index contributed by atoms with van der Waals surface area (Å²) in [5.74, 6) is 0.203. The van der Waals surface area contributed by atoms with E-state index in [1.165, 1.54) is 38.9 Å². The number of benzene rings is 1. The molecule has 0 saturated carbocycles. The number of carbonyl (C=O) groups excluding carboxylic acids is 1. The van der Waals surface area contributed by atoms with Crippen molar-refractivity contribution in [2.75, 3.05) is 13.7 Å². The van der Waals surface area contributed by atoms with Crippen LogP contribution in [0.1, 0.15) is 55.8 Å². The van der Waals surface area contributed by atoms with Crippen LogP contribution in [0.3, 0.4) is 0 Å². The highest BCUT2D eigenvalue weighted by Crippen LogP contribution is 2.26. The number of hydrogen-bond acceptors (Lipinski definition) is 3. The third kappa shape index (κ3) is 5.51.